The SMILES string of the molecule is Cn1c(=O)c(=O)n(C2CCN(c3ncc(C#N)cn3)CC2)c2ncc(-c3ccccc3)cc21. The van der Waals surface area contributed by atoms with Crippen LogP contribution in [0.3, 0.4) is 0 Å². The van der Waals surface area contributed by atoms with Crippen LogP contribution in [0.4, 0.5) is 5.95 Å². The van der Waals surface area contributed by atoms with Crippen LogP contribution in [0.2, 0.25) is 0 Å². The highest BCUT2D eigenvalue weighted by atomic mass is 16.2. The summed E-state index contributed by atoms with van der Waals surface area (Å²) < 4.78 is 2.94. The van der Waals surface area contributed by atoms with E-state index in [1.165, 1.54) is 17.0 Å². The minimum absolute atomic E-state index is 0.154. The third-order valence-corrected chi connectivity index (χ3v) is 6.13. The van der Waals surface area contributed by atoms with E-state index in [1.54, 1.807) is 17.8 Å². The molecule has 9 nitrogen and oxygen atoms in total. The van der Waals surface area contributed by atoms with Gasteiger partial charge in [-0.2, -0.15) is 5.26 Å². The predicted octanol–water partition coefficient (Wildman–Crippen LogP) is 2.27. The molecule has 1 saturated heterocycles. The van der Waals surface area contributed by atoms with Gasteiger partial charge in [0.2, 0.25) is 5.95 Å². The van der Waals surface area contributed by atoms with E-state index in [-0.39, 0.29) is 6.04 Å². The average molecular weight is 439 g/mol. The molecule has 0 spiro atoms. The van der Waals surface area contributed by atoms with Crippen LogP contribution in [0.15, 0.2) is 64.6 Å². The quantitative estimate of drug-likeness (QED) is 0.450. The fraction of sp³-hybridized carbons (Fsp3) is 0.250. The molecule has 0 amide bonds. The normalized spacial score (nSPS) is 14.4. The Kier molecular flexibility index (Phi) is 5.18. The first-order chi connectivity index (χ1) is 16.1. The van der Waals surface area contributed by atoms with E-state index >= 15 is 0 Å². The average Bonchev–Trinajstić information content (AvgIpc) is 2.88. The van der Waals surface area contributed by atoms with Crippen LogP contribution in [-0.2, 0) is 7.05 Å². The maximum absolute atomic E-state index is 13.0. The highest BCUT2D eigenvalue weighted by molar-refractivity contribution is 5.78. The lowest BCUT2D eigenvalue weighted by molar-refractivity contribution is 0.389. The van der Waals surface area contributed by atoms with E-state index in [0.29, 0.717) is 48.6 Å². The van der Waals surface area contributed by atoms with Gasteiger partial charge < -0.3 is 9.47 Å². The fourth-order valence-electron chi connectivity index (χ4n) is 4.32. The number of aromatic nitrogens is 5. The summed E-state index contributed by atoms with van der Waals surface area (Å²) in [6.45, 7) is 1.25. The van der Waals surface area contributed by atoms with Crippen molar-refractivity contribution in [3.63, 3.8) is 0 Å². The van der Waals surface area contributed by atoms with E-state index in [0.717, 1.165) is 11.1 Å². The second-order valence-corrected chi connectivity index (χ2v) is 8.07. The molecule has 0 atom stereocenters. The number of pyridine rings is 1. The zero-order chi connectivity index (χ0) is 22.9. The van der Waals surface area contributed by atoms with E-state index in [2.05, 4.69) is 15.0 Å². The van der Waals surface area contributed by atoms with Gasteiger partial charge in [-0.3, -0.25) is 14.2 Å². The molecule has 33 heavy (non-hydrogen) atoms. The van der Waals surface area contributed by atoms with Crippen molar-refractivity contribution in [3.05, 3.63) is 81.3 Å². The number of nitrogens with zero attached hydrogens (tertiary/aromatic N) is 7. The zero-order valence-electron chi connectivity index (χ0n) is 18.0. The summed E-state index contributed by atoms with van der Waals surface area (Å²) in [4.78, 5) is 41.0. The molecule has 0 radical (unpaired) electrons. The Bertz CT molecular complexity index is 1480. The smallest absolute Gasteiger partial charge is 0.318 e. The van der Waals surface area contributed by atoms with Crippen LogP contribution in [-0.4, -0.2) is 37.2 Å². The van der Waals surface area contributed by atoms with Gasteiger partial charge in [-0.05, 0) is 24.5 Å². The minimum atomic E-state index is -0.563. The number of hydrogen-bond donors (Lipinski definition) is 0. The van der Waals surface area contributed by atoms with Crippen molar-refractivity contribution in [1.29, 1.82) is 5.26 Å². The first kappa shape index (κ1) is 20.6. The molecule has 1 fully saturated rings. The molecule has 164 valence electrons. The lowest BCUT2D eigenvalue weighted by atomic mass is 10.0. The summed E-state index contributed by atoms with van der Waals surface area (Å²) in [5.41, 5.74) is 2.30. The van der Waals surface area contributed by atoms with Crippen molar-refractivity contribution < 1.29 is 0 Å². The molecule has 0 saturated carbocycles. The van der Waals surface area contributed by atoms with Crippen molar-refractivity contribution in [3.8, 4) is 17.2 Å². The number of piperidine rings is 1. The maximum atomic E-state index is 13.0. The lowest BCUT2D eigenvalue weighted by Crippen LogP contribution is -2.45. The Hall–Kier alpha value is -4.32. The molecule has 0 unspecified atom stereocenters. The van der Waals surface area contributed by atoms with Gasteiger partial charge in [-0.25, -0.2) is 15.0 Å². The van der Waals surface area contributed by atoms with E-state index in [9.17, 15) is 9.59 Å². The number of anilines is 1. The van der Waals surface area contributed by atoms with Crippen LogP contribution >= 0.6 is 0 Å². The van der Waals surface area contributed by atoms with Gasteiger partial charge >= 0.3 is 11.1 Å². The van der Waals surface area contributed by atoms with Gasteiger partial charge in [-0.1, -0.05) is 30.3 Å². The number of fused-ring (bicyclic) bond motifs is 1. The van der Waals surface area contributed by atoms with Gasteiger partial charge in [-0.15, -0.1) is 0 Å². The predicted molar refractivity (Wildman–Crippen MR) is 124 cm³/mol. The fourth-order valence-corrected chi connectivity index (χ4v) is 4.32. The standard InChI is InChI=1S/C24H21N7O2/c1-29-20-11-18(17-5-3-2-4-6-17)15-26-21(20)31(23(33)22(29)32)19-7-9-30(10-8-19)24-27-13-16(12-25)14-28-24/h2-6,11,13-15,19H,7-10H2,1H3. The van der Waals surface area contributed by atoms with Crippen molar-refractivity contribution in [2.75, 3.05) is 18.0 Å². The molecule has 5 rings (SSSR count). The molecule has 0 N–H and O–H groups in total. The first-order valence-electron chi connectivity index (χ1n) is 10.7. The minimum Gasteiger partial charge on any atom is -0.341 e. The van der Waals surface area contributed by atoms with Crippen LogP contribution in [0.25, 0.3) is 22.3 Å². The molecule has 1 aliphatic heterocycles. The van der Waals surface area contributed by atoms with Gasteiger partial charge in [0, 0.05) is 37.9 Å². The summed E-state index contributed by atoms with van der Waals surface area (Å²) in [7, 11) is 1.61. The monoisotopic (exact) mass is 439 g/mol. The second-order valence-electron chi connectivity index (χ2n) is 8.07. The maximum Gasteiger partial charge on any atom is 0.318 e. The number of hydrogen-bond acceptors (Lipinski definition) is 7. The van der Waals surface area contributed by atoms with Crippen molar-refractivity contribution in [2.24, 2.45) is 7.05 Å². The number of rotatable bonds is 3. The van der Waals surface area contributed by atoms with Gasteiger partial charge in [0.25, 0.3) is 0 Å². The summed E-state index contributed by atoms with van der Waals surface area (Å²) >= 11 is 0. The molecule has 1 aliphatic rings. The topological polar surface area (TPSA) is 110 Å². The Morgan fingerprint density at radius 3 is 2.30 bits per heavy atom. The van der Waals surface area contributed by atoms with Crippen molar-refractivity contribution in [2.45, 2.75) is 18.9 Å². The molecule has 0 aliphatic carbocycles. The van der Waals surface area contributed by atoms with Gasteiger partial charge in [0.05, 0.1) is 23.5 Å². The first-order valence-corrected chi connectivity index (χ1v) is 10.7. The van der Waals surface area contributed by atoms with E-state index in [4.69, 9.17) is 5.26 Å². The van der Waals surface area contributed by atoms with Crippen LogP contribution < -0.4 is 16.0 Å². The number of nitriles is 1. The summed E-state index contributed by atoms with van der Waals surface area (Å²) in [5.74, 6) is 0.555. The lowest BCUT2D eigenvalue weighted by Gasteiger charge is -2.33. The van der Waals surface area contributed by atoms with Crippen LogP contribution in [0.5, 0.6) is 0 Å². The molecule has 9 heteroatoms. The third-order valence-electron chi connectivity index (χ3n) is 6.13. The summed E-state index contributed by atoms with van der Waals surface area (Å²) in [6, 6.07) is 13.6. The van der Waals surface area contributed by atoms with Crippen LogP contribution in [0, 0.1) is 11.3 Å². The van der Waals surface area contributed by atoms with E-state index in [1.807, 2.05) is 47.4 Å². The summed E-state index contributed by atoms with van der Waals surface area (Å²) in [6.07, 6.45) is 6.04. The second kappa shape index (κ2) is 8.31. The molecule has 4 aromatic rings. The largest absolute Gasteiger partial charge is 0.341 e. The Labute approximate surface area is 189 Å². The van der Waals surface area contributed by atoms with Crippen molar-refractivity contribution in [1.82, 2.24) is 24.1 Å². The molecular formula is C24H21N7O2. The van der Waals surface area contributed by atoms with E-state index < -0.39 is 11.1 Å². The Morgan fingerprint density at radius 2 is 1.64 bits per heavy atom. The third kappa shape index (κ3) is 3.65. The number of benzene rings is 1. The number of aryl methyl sites for hydroxylation is 1. The highest BCUT2D eigenvalue weighted by Gasteiger charge is 2.26. The van der Waals surface area contributed by atoms with Gasteiger partial charge in [0.1, 0.15) is 6.07 Å². The molecule has 4 heterocycles. The summed E-state index contributed by atoms with van der Waals surface area (Å²) in [5, 5.41) is 8.93. The molecule has 0 bridgehead atoms. The van der Waals surface area contributed by atoms with Gasteiger partial charge in [0.15, 0.2) is 5.65 Å². The van der Waals surface area contributed by atoms with Crippen molar-refractivity contribution >= 4 is 17.1 Å². The molecular weight excluding hydrogens is 418 g/mol. The Balaban J connectivity index is 1.50. The molecule has 3 aromatic heterocycles. The Morgan fingerprint density at radius 1 is 0.939 bits per heavy atom. The highest BCUT2D eigenvalue weighted by Crippen LogP contribution is 2.27. The van der Waals surface area contributed by atoms with Crippen LogP contribution in [0.1, 0.15) is 24.4 Å². The molecule has 1 aromatic carbocycles. The zero-order valence-corrected chi connectivity index (χ0v) is 18.0.